The number of guanidine groups is 1. The van der Waals surface area contributed by atoms with Crippen molar-refractivity contribution in [3.8, 4) is 0 Å². The van der Waals surface area contributed by atoms with Crippen LogP contribution < -0.4 is 11.5 Å². The van der Waals surface area contributed by atoms with E-state index in [1.54, 1.807) is 6.20 Å². The van der Waals surface area contributed by atoms with Gasteiger partial charge in [-0.3, -0.25) is 0 Å². The summed E-state index contributed by atoms with van der Waals surface area (Å²) >= 11 is 1.39. The van der Waals surface area contributed by atoms with Crippen LogP contribution in [0.5, 0.6) is 0 Å². The van der Waals surface area contributed by atoms with Gasteiger partial charge in [-0.1, -0.05) is 0 Å². The third-order valence-corrected chi connectivity index (χ3v) is 1.68. The average molecular weight is 258 g/mol. The van der Waals surface area contributed by atoms with Crippen LogP contribution in [0.25, 0.3) is 0 Å². The van der Waals surface area contributed by atoms with E-state index >= 15 is 0 Å². The SMILES string of the molecule is NC(N)=Nc1nccs1.O=C(O)C=CC(=O)O. The molecule has 0 atom stereocenters. The van der Waals surface area contributed by atoms with E-state index in [4.69, 9.17) is 21.7 Å². The molecule has 0 spiro atoms. The Labute approximate surface area is 99.9 Å². The van der Waals surface area contributed by atoms with Crippen molar-refractivity contribution >= 4 is 34.4 Å². The van der Waals surface area contributed by atoms with E-state index < -0.39 is 11.9 Å². The minimum atomic E-state index is -1.26. The molecular weight excluding hydrogens is 248 g/mol. The smallest absolute Gasteiger partial charge is 0.328 e. The van der Waals surface area contributed by atoms with E-state index in [2.05, 4.69) is 9.98 Å². The minimum absolute atomic E-state index is 0.0463. The highest BCUT2D eigenvalue weighted by atomic mass is 32.1. The number of thiazole rings is 1. The lowest BCUT2D eigenvalue weighted by atomic mass is 10.5. The molecule has 0 bridgehead atoms. The summed E-state index contributed by atoms with van der Waals surface area (Å²) in [5, 5.41) is 18.0. The van der Waals surface area contributed by atoms with Gasteiger partial charge in [0, 0.05) is 23.7 Å². The molecule has 0 saturated heterocycles. The number of hydrogen-bond acceptors (Lipinski definition) is 5. The van der Waals surface area contributed by atoms with Crippen LogP contribution in [-0.2, 0) is 9.59 Å². The van der Waals surface area contributed by atoms with Gasteiger partial charge in [-0.15, -0.1) is 11.3 Å². The van der Waals surface area contributed by atoms with Gasteiger partial charge in [-0.2, -0.15) is 4.99 Å². The fourth-order valence-electron chi connectivity index (χ4n) is 0.524. The minimum Gasteiger partial charge on any atom is -0.478 e. The Balaban J connectivity index is 0.000000304. The largest absolute Gasteiger partial charge is 0.478 e. The van der Waals surface area contributed by atoms with Crippen LogP contribution in [0.3, 0.4) is 0 Å². The summed E-state index contributed by atoms with van der Waals surface area (Å²) in [5.74, 6) is -2.47. The van der Waals surface area contributed by atoms with E-state index in [9.17, 15) is 9.59 Å². The van der Waals surface area contributed by atoms with E-state index in [0.29, 0.717) is 17.3 Å². The lowest BCUT2D eigenvalue weighted by Gasteiger charge is -1.84. The molecule has 1 heterocycles. The van der Waals surface area contributed by atoms with Crippen molar-refractivity contribution < 1.29 is 19.8 Å². The quantitative estimate of drug-likeness (QED) is 0.331. The Morgan fingerprint density at radius 3 is 2.12 bits per heavy atom. The third kappa shape index (κ3) is 9.87. The maximum absolute atomic E-state index is 9.55. The fraction of sp³-hybridized carbons (Fsp3) is 0. The zero-order valence-electron chi connectivity index (χ0n) is 8.48. The maximum atomic E-state index is 9.55. The van der Waals surface area contributed by atoms with Gasteiger partial charge in [0.05, 0.1) is 0 Å². The Morgan fingerprint density at radius 2 is 1.82 bits per heavy atom. The van der Waals surface area contributed by atoms with E-state index in [-0.39, 0.29) is 5.96 Å². The number of carboxylic acid groups (broad SMARTS) is 2. The van der Waals surface area contributed by atoms with E-state index in [0.717, 1.165) is 0 Å². The standard InChI is InChI=1S/C4H6N4S.C4H4O4/c5-3(6)8-4-7-1-2-9-4;5-3(6)1-2-4(7)8/h1-2H,(H4,5,6,7,8);1-2H,(H,5,6)(H,7,8). The molecule has 0 fully saturated rings. The zero-order chi connectivity index (χ0) is 13.3. The fourth-order valence-corrected chi connectivity index (χ4v) is 1.05. The molecule has 1 aromatic heterocycles. The molecule has 92 valence electrons. The number of rotatable bonds is 3. The van der Waals surface area contributed by atoms with Crippen LogP contribution in [0.4, 0.5) is 5.13 Å². The first kappa shape index (κ1) is 14.6. The summed E-state index contributed by atoms with van der Waals surface area (Å²) in [6.07, 6.45) is 2.76. The van der Waals surface area contributed by atoms with Crippen molar-refractivity contribution in [3.05, 3.63) is 23.7 Å². The predicted molar refractivity (Wildman–Crippen MR) is 62.0 cm³/mol. The Morgan fingerprint density at radius 1 is 1.29 bits per heavy atom. The van der Waals surface area contributed by atoms with Gasteiger partial charge < -0.3 is 21.7 Å². The van der Waals surface area contributed by atoms with Crippen LogP contribution in [0.15, 0.2) is 28.7 Å². The Kier molecular flexibility index (Phi) is 6.71. The summed E-state index contributed by atoms with van der Waals surface area (Å²) in [5.41, 5.74) is 10.2. The number of carboxylic acids is 2. The summed E-state index contributed by atoms with van der Waals surface area (Å²) < 4.78 is 0. The van der Waals surface area contributed by atoms with Crippen molar-refractivity contribution in [2.45, 2.75) is 0 Å². The summed E-state index contributed by atoms with van der Waals surface area (Å²) in [4.78, 5) is 26.6. The van der Waals surface area contributed by atoms with Gasteiger partial charge in [0.1, 0.15) is 0 Å². The molecule has 0 saturated carbocycles. The molecule has 0 aliphatic rings. The summed E-state index contributed by atoms with van der Waals surface area (Å²) in [7, 11) is 0. The normalized spacial score (nSPS) is 9.18. The van der Waals surface area contributed by atoms with Crippen molar-refractivity contribution in [1.29, 1.82) is 0 Å². The number of aromatic nitrogens is 1. The van der Waals surface area contributed by atoms with Crippen LogP contribution in [0, 0.1) is 0 Å². The Hall–Kier alpha value is -2.42. The highest BCUT2D eigenvalue weighted by molar-refractivity contribution is 7.13. The van der Waals surface area contributed by atoms with Crippen molar-refractivity contribution in [2.24, 2.45) is 16.5 Å². The topological polar surface area (TPSA) is 152 Å². The highest BCUT2D eigenvalue weighted by Gasteiger charge is 1.88. The van der Waals surface area contributed by atoms with E-state index in [1.807, 2.05) is 5.38 Å². The summed E-state index contributed by atoms with van der Waals surface area (Å²) in [6, 6.07) is 0. The van der Waals surface area contributed by atoms with Gasteiger partial charge in [0.2, 0.25) is 5.13 Å². The molecule has 6 N–H and O–H groups in total. The number of aliphatic imine (C=N–C) groups is 1. The molecule has 0 aliphatic heterocycles. The first-order valence-corrected chi connectivity index (χ1v) is 4.93. The van der Waals surface area contributed by atoms with Crippen molar-refractivity contribution in [1.82, 2.24) is 4.98 Å². The molecule has 0 unspecified atom stereocenters. The molecule has 1 rings (SSSR count). The summed E-state index contributed by atoms with van der Waals surface area (Å²) in [6.45, 7) is 0. The first-order chi connectivity index (χ1) is 7.91. The van der Waals surface area contributed by atoms with Gasteiger partial charge in [-0.05, 0) is 0 Å². The molecule has 0 aliphatic carbocycles. The molecule has 1 aromatic rings. The highest BCUT2D eigenvalue weighted by Crippen LogP contribution is 2.13. The lowest BCUT2D eigenvalue weighted by molar-refractivity contribution is -0.134. The van der Waals surface area contributed by atoms with Crippen LogP contribution in [0.2, 0.25) is 0 Å². The monoisotopic (exact) mass is 258 g/mol. The molecule has 17 heavy (non-hydrogen) atoms. The molecule has 0 aromatic carbocycles. The van der Waals surface area contributed by atoms with Gasteiger partial charge in [0.15, 0.2) is 5.96 Å². The van der Waals surface area contributed by atoms with Gasteiger partial charge in [-0.25, -0.2) is 14.6 Å². The number of nitrogens with two attached hydrogens (primary N) is 2. The van der Waals surface area contributed by atoms with Crippen molar-refractivity contribution in [2.75, 3.05) is 0 Å². The van der Waals surface area contributed by atoms with Gasteiger partial charge >= 0.3 is 11.9 Å². The number of aliphatic carboxylic acids is 2. The molecule has 9 heteroatoms. The number of carbonyl (C=O) groups is 2. The average Bonchev–Trinajstić information content (AvgIpc) is 2.67. The second-order valence-electron chi connectivity index (χ2n) is 2.36. The van der Waals surface area contributed by atoms with Gasteiger partial charge in [0.25, 0.3) is 0 Å². The molecule has 0 amide bonds. The van der Waals surface area contributed by atoms with Crippen LogP contribution in [-0.4, -0.2) is 33.1 Å². The Bertz CT molecular complexity index is 407. The first-order valence-electron chi connectivity index (χ1n) is 4.05. The second kappa shape index (κ2) is 7.82. The zero-order valence-corrected chi connectivity index (χ0v) is 9.29. The molecule has 8 nitrogen and oxygen atoms in total. The number of nitrogens with zero attached hydrogens (tertiary/aromatic N) is 2. The molecular formula is C8H10N4O4S. The van der Waals surface area contributed by atoms with E-state index in [1.165, 1.54) is 11.3 Å². The van der Waals surface area contributed by atoms with Crippen molar-refractivity contribution in [3.63, 3.8) is 0 Å². The lowest BCUT2D eigenvalue weighted by Crippen LogP contribution is -2.21. The maximum Gasteiger partial charge on any atom is 0.328 e. The predicted octanol–water partition coefficient (Wildman–Crippen LogP) is -0.240. The number of hydrogen-bond donors (Lipinski definition) is 4. The van der Waals surface area contributed by atoms with Crippen LogP contribution in [0.1, 0.15) is 0 Å². The third-order valence-electron chi connectivity index (χ3n) is 1.01. The molecule has 0 radical (unpaired) electrons. The second-order valence-corrected chi connectivity index (χ2v) is 3.23. The van der Waals surface area contributed by atoms with Crippen LogP contribution >= 0.6 is 11.3 Å².